The number of carbonyl (C=O) groups excluding carboxylic acids is 1. The van der Waals surface area contributed by atoms with Gasteiger partial charge in [0, 0.05) is 23.7 Å². The monoisotopic (exact) mass is 280 g/mol. The lowest BCUT2D eigenvalue weighted by Gasteiger charge is -2.32. The Balaban J connectivity index is 2.08. The molecule has 1 aliphatic rings. The van der Waals surface area contributed by atoms with Crippen molar-refractivity contribution >= 4 is 17.5 Å². The van der Waals surface area contributed by atoms with Gasteiger partial charge in [-0.1, -0.05) is 11.6 Å². The van der Waals surface area contributed by atoms with E-state index in [1.54, 1.807) is 6.07 Å². The van der Waals surface area contributed by atoms with Gasteiger partial charge < -0.3 is 10.2 Å². The Morgan fingerprint density at radius 1 is 1.53 bits per heavy atom. The molecule has 1 aliphatic heterocycles. The number of halogens is 1. The Morgan fingerprint density at radius 3 is 3.00 bits per heavy atom. The second-order valence-electron chi connectivity index (χ2n) is 5.28. The Morgan fingerprint density at radius 2 is 2.32 bits per heavy atom. The van der Waals surface area contributed by atoms with Crippen molar-refractivity contribution in [1.29, 1.82) is 0 Å². The molecule has 4 heteroatoms. The van der Waals surface area contributed by atoms with Crippen LogP contribution in [0.5, 0.6) is 0 Å². The minimum Gasteiger partial charge on any atom is -0.338 e. The maximum absolute atomic E-state index is 12.5. The van der Waals surface area contributed by atoms with Gasteiger partial charge in [0.2, 0.25) is 0 Å². The predicted octanol–water partition coefficient (Wildman–Crippen LogP) is 2.72. The molecule has 0 spiro atoms. The van der Waals surface area contributed by atoms with E-state index in [1.807, 2.05) is 31.0 Å². The van der Waals surface area contributed by atoms with Crippen LogP contribution in [0, 0.1) is 12.8 Å². The van der Waals surface area contributed by atoms with Crippen LogP contribution in [0.4, 0.5) is 0 Å². The summed E-state index contributed by atoms with van der Waals surface area (Å²) in [4.78, 5) is 14.4. The minimum absolute atomic E-state index is 0.126. The van der Waals surface area contributed by atoms with Gasteiger partial charge in [0.1, 0.15) is 0 Å². The molecule has 0 radical (unpaired) electrons. The molecular weight excluding hydrogens is 260 g/mol. The van der Waals surface area contributed by atoms with Crippen molar-refractivity contribution in [1.82, 2.24) is 10.2 Å². The number of nitrogens with one attached hydrogen (secondary N) is 1. The Kier molecular flexibility index (Phi) is 4.83. The average molecular weight is 281 g/mol. The third-order valence-corrected chi connectivity index (χ3v) is 4.13. The van der Waals surface area contributed by atoms with Crippen LogP contribution in [-0.2, 0) is 0 Å². The van der Waals surface area contributed by atoms with Gasteiger partial charge in [-0.05, 0) is 63.0 Å². The molecule has 1 amide bonds. The van der Waals surface area contributed by atoms with E-state index in [1.165, 1.54) is 6.42 Å². The summed E-state index contributed by atoms with van der Waals surface area (Å²) in [6.45, 7) is 4.62. The van der Waals surface area contributed by atoms with Crippen molar-refractivity contribution in [2.45, 2.75) is 19.8 Å². The molecule has 0 unspecified atom stereocenters. The van der Waals surface area contributed by atoms with E-state index in [9.17, 15) is 4.79 Å². The first-order chi connectivity index (χ1) is 9.11. The fourth-order valence-electron chi connectivity index (χ4n) is 2.67. The topological polar surface area (TPSA) is 32.3 Å². The number of nitrogens with zero attached hydrogens (tertiary/aromatic N) is 1. The van der Waals surface area contributed by atoms with E-state index in [4.69, 9.17) is 11.6 Å². The summed E-state index contributed by atoms with van der Waals surface area (Å²) in [5, 5.41) is 3.91. The number of rotatable bonds is 3. The van der Waals surface area contributed by atoms with Crippen molar-refractivity contribution in [3.8, 4) is 0 Å². The van der Waals surface area contributed by atoms with E-state index >= 15 is 0 Å². The molecule has 0 bridgehead atoms. The highest BCUT2D eigenvalue weighted by Gasteiger charge is 2.24. The number of aryl methyl sites for hydroxylation is 1. The summed E-state index contributed by atoms with van der Waals surface area (Å²) in [6, 6.07) is 5.50. The summed E-state index contributed by atoms with van der Waals surface area (Å²) < 4.78 is 0. The zero-order chi connectivity index (χ0) is 13.8. The fraction of sp³-hybridized carbons (Fsp3) is 0.533. The quantitative estimate of drug-likeness (QED) is 0.923. The number of piperidine rings is 1. The van der Waals surface area contributed by atoms with Crippen molar-refractivity contribution in [2.75, 3.05) is 26.7 Å². The van der Waals surface area contributed by atoms with Crippen LogP contribution in [0.3, 0.4) is 0 Å². The first-order valence-electron chi connectivity index (χ1n) is 6.82. The molecule has 1 aromatic rings. The van der Waals surface area contributed by atoms with Gasteiger partial charge in [-0.2, -0.15) is 0 Å². The Bertz CT molecular complexity index is 459. The van der Waals surface area contributed by atoms with E-state index < -0.39 is 0 Å². The molecule has 3 nitrogen and oxygen atoms in total. The van der Waals surface area contributed by atoms with Crippen molar-refractivity contribution in [2.24, 2.45) is 5.92 Å². The molecule has 19 heavy (non-hydrogen) atoms. The smallest absolute Gasteiger partial charge is 0.253 e. The van der Waals surface area contributed by atoms with E-state index in [2.05, 4.69) is 5.32 Å². The van der Waals surface area contributed by atoms with Crippen LogP contribution >= 0.6 is 11.6 Å². The second kappa shape index (κ2) is 6.40. The van der Waals surface area contributed by atoms with E-state index in [-0.39, 0.29) is 5.91 Å². The van der Waals surface area contributed by atoms with E-state index in [0.717, 1.165) is 37.2 Å². The normalized spacial score (nSPS) is 19.5. The van der Waals surface area contributed by atoms with Crippen LogP contribution in [0.25, 0.3) is 0 Å². The molecule has 1 aromatic carbocycles. The summed E-state index contributed by atoms with van der Waals surface area (Å²) in [5.41, 5.74) is 1.70. The Hall–Kier alpha value is -1.06. The van der Waals surface area contributed by atoms with Gasteiger partial charge >= 0.3 is 0 Å². The maximum atomic E-state index is 12.5. The molecule has 0 aliphatic carbocycles. The molecule has 0 aromatic heterocycles. The van der Waals surface area contributed by atoms with Crippen molar-refractivity contribution in [3.05, 3.63) is 34.3 Å². The van der Waals surface area contributed by atoms with Gasteiger partial charge in [0.05, 0.1) is 0 Å². The number of benzene rings is 1. The molecule has 1 heterocycles. The minimum atomic E-state index is 0.126. The standard InChI is InChI=1S/C15H21ClN2O/c1-11-8-13(5-6-14(11)16)15(19)18-7-3-4-12(10-18)9-17-2/h5-6,8,12,17H,3-4,7,9-10H2,1-2H3/t12-/m0/s1. The molecular formula is C15H21ClN2O. The fourth-order valence-corrected chi connectivity index (χ4v) is 2.78. The SMILES string of the molecule is CNC[C@@H]1CCCN(C(=O)c2ccc(Cl)c(C)c2)C1. The lowest BCUT2D eigenvalue weighted by atomic mass is 9.97. The molecule has 1 N–H and O–H groups in total. The number of amides is 1. The number of carbonyl (C=O) groups is 1. The third-order valence-electron chi connectivity index (χ3n) is 3.70. The molecule has 0 saturated carbocycles. The molecule has 104 valence electrons. The third kappa shape index (κ3) is 3.48. The van der Waals surface area contributed by atoms with Crippen LogP contribution in [0.15, 0.2) is 18.2 Å². The number of hydrogen-bond acceptors (Lipinski definition) is 2. The summed E-state index contributed by atoms with van der Waals surface area (Å²) in [7, 11) is 1.96. The average Bonchev–Trinajstić information content (AvgIpc) is 2.42. The van der Waals surface area contributed by atoms with Crippen LogP contribution < -0.4 is 5.32 Å². The first kappa shape index (κ1) is 14.4. The van der Waals surface area contributed by atoms with Gasteiger partial charge in [0.15, 0.2) is 0 Å². The first-order valence-corrected chi connectivity index (χ1v) is 7.19. The molecule has 1 atom stereocenters. The zero-order valence-corrected chi connectivity index (χ0v) is 12.3. The van der Waals surface area contributed by atoms with Gasteiger partial charge in [-0.25, -0.2) is 0 Å². The summed E-state index contributed by atoms with van der Waals surface area (Å²) in [6.07, 6.45) is 2.29. The lowest BCUT2D eigenvalue weighted by Crippen LogP contribution is -2.42. The Labute approximate surface area is 119 Å². The lowest BCUT2D eigenvalue weighted by molar-refractivity contribution is 0.0674. The van der Waals surface area contributed by atoms with E-state index in [0.29, 0.717) is 10.9 Å². The second-order valence-corrected chi connectivity index (χ2v) is 5.69. The molecule has 2 rings (SSSR count). The molecule has 1 saturated heterocycles. The predicted molar refractivity (Wildman–Crippen MR) is 78.7 cm³/mol. The highest BCUT2D eigenvalue weighted by Crippen LogP contribution is 2.21. The van der Waals surface area contributed by atoms with Crippen LogP contribution in [-0.4, -0.2) is 37.5 Å². The summed E-state index contributed by atoms with van der Waals surface area (Å²) in [5.74, 6) is 0.691. The van der Waals surface area contributed by atoms with Crippen molar-refractivity contribution in [3.63, 3.8) is 0 Å². The highest BCUT2D eigenvalue weighted by atomic mass is 35.5. The van der Waals surface area contributed by atoms with Gasteiger partial charge in [-0.15, -0.1) is 0 Å². The zero-order valence-electron chi connectivity index (χ0n) is 11.6. The maximum Gasteiger partial charge on any atom is 0.253 e. The largest absolute Gasteiger partial charge is 0.338 e. The molecule has 1 fully saturated rings. The van der Waals surface area contributed by atoms with Gasteiger partial charge in [-0.3, -0.25) is 4.79 Å². The highest BCUT2D eigenvalue weighted by molar-refractivity contribution is 6.31. The number of hydrogen-bond donors (Lipinski definition) is 1. The summed E-state index contributed by atoms with van der Waals surface area (Å²) >= 11 is 6.00. The van der Waals surface area contributed by atoms with Crippen molar-refractivity contribution < 1.29 is 4.79 Å². The van der Waals surface area contributed by atoms with Crippen LogP contribution in [0.1, 0.15) is 28.8 Å². The van der Waals surface area contributed by atoms with Gasteiger partial charge in [0.25, 0.3) is 5.91 Å². The van der Waals surface area contributed by atoms with Crippen LogP contribution in [0.2, 0.25) is 5.02 Å². The number of likely N-dealkylation sites (tertiary alicyclic amines) is 1.